The third-order valence-electron chi connectivity index (χ3n) is 5.63. The summed E-state index contributed by atoms with van der Waals surface area (Å²) < 4.78 is 5.38. The predicted molar refractivity (Wildman–Crippen MR) is 125 cm³/mol. The van der Waals surface area contributed by atoms with Crippen LogP contribution in [0.15, 0.2) is 72.4 Å². The molecule has 3 aromatic carbocycles. The third kappa shape index (κ3) is 3.82. The lowest BCUT2D eigenvalue weighted by Gasteiger charge is -2.19. The molecule has 0 saturated carbocycles. The van der Waals surface area contributed by atoms with E-state index in [-0.39, 0.29) is 17.0 Å². The zero-order chi connectivity index (χ0) is 23.7. The average Bonchev–Trinajstić information content (AvgIpc) is 3.05. The van der Waals surface area contributed by atoms with Crippen molar-refractivity contribution in [2.45, 2.75) is 13.8 Å². The molecule has 1 aliphatic rings. The maximum Gasteiger partial charge on any atom is 0.282 e. The van der Waals surface area contributed by atoms with Crippen LogP contribution < -0.4 is 15.0 Å². The van der Waals surface area contributed by atoms with Crippen molar-refractivity contribution >= 4 is 34.4 Å². The Hall–Kier alpha value is -4.46. The first kappa shape index (κ1) is 21.8. The molecule has 1 aliphatic heterocycles. The summed E-state index contributed by atoms with van der Waals surface area (Å²) in [4.78, 5) is 38.9. The number of rotatable bonds is 6. The number of nitro benzene ring substituents is 1. The summed E-state index contributed by atoms with van der Waals surface area (Å²) in [5, 5.41) is 14.1. The van der Waals surface area contributed by atoms with E-state index < -0.39 is 16.7 Å². The molecule has 8 heteroatoms. The van der Waals surface area contributed by atoms with Gasteiger partial charge in [-0.2, -0.15) is 0 Å². The van der Waals surface area contributed by atoms with E-state index in [4.69, 9.17) is 4.74 Å². The van der Waals surface area contributed by atoms with Crippen molar-refractivity contribution in [3.8, 4) is 5.75 Å². The molecule has 166 valence electrons. The van der Waals surface area contributed by atoms with E-state index in [9.17, 15) is 19.7 Å². The molecule has 4 rings (SSSR count). The molecule has 0 spiro atoms. The van der Waals surface area contributed by atoms with E-state index in [1.54, 1.807) is 36.4 Å². The summed E-state index contributed by atoms with van der Waals surface area (Å²) in [7, 11) is 1.51. The molecular formula is C25H21N3O5. The van der Waals surface area contributed by atoms with Gasteiger partial charge in [0.1, 0.15) is 11.4 Å². The number of aryl methyl sites for hydroxylation is 1. The number of methoxy groups -OCH3 is 1. The van der Waals surface area contributed by atoms with Gasteiger partial charge in [0, 0.05) is 12.1 Å². The summed E-state index contributed by atoms with van der Waals surface area (Å²) in [6, 6.07) is 18.0. The maximum atomic E-state index is 13.6. The van der Waals surface area contributed by atoms with Crippen LogP contribution in [-0.2, 0) is 9.59 Å². The number of carbonyl (C=O) groups is 2. The van der Waals surface area contributed by atoms with Crippen LogP contribution in [0.3, 0.4) is 0 Å². The van der Waals surface area contributed by atoms with Crippen molar-refractivity contribution in [1.29, 1.82) is 0 Å². The Bertz CT molecular complexity index is 1310. The average molecular weight is 443 g/mol. The maximum absolute atomic E-state index is 13.6. The van der Waals surface area contributed by atoms with Crippen molar-refractivity contribution in [3.63, 3.8) is 0 Å². The molecule has 3 aromatic rings. The van der Waals surface area contributed by atoms with Gasteiger partial charge < -0.3 is 10.1 Å². The lowest BCUT2D eigenvalue weighted by Crippen LogP contribution is -2.33. The van der Waals surface area contributed by atoms with Gasteiger partial charge in [0.15, 0.2) is 0 Å². The normalized spacial score (nSPS) is 13.5. The molecule has 0 fully saturated rings. The second-order valence-corrected chi connectivity index (χ2v) is 7.54. The van der Waals surface area contributed by atoms with E-state index >= 15 is 0 Å². The number of carbonyl (C=O) groups excluding carboxylic acids is 2. The molecule has 0 bridgehead atoms. The SMILES string of the molecule is COc1ccccc1NC1=C(c2ccc([N+](=O)[O-])cc2)C(=O)N(c2cccc(C)c2C)C1=O. The molecule has 1 N–H and O–H groups in total. The van der Waals surface area contributed by atoms with Crippen LogP contribution in [0.1, 0.15) is 16.7 Å². The fraction of sp³-hybridized carbons (Fsp3) is 0.120. The second kappa shape index (κ2) is 8.58. The number of imide groups is 1. The highest BCUT2D eigenvalue weighted by Gasteiger charge is 2.41. The van der Waals surface area contributed by atoms with E-state index in [0.717, 1.165) is 16.0 Å². The van der Waals surface area contributed by atoms with E-state index in [1.165, 1.54) is 31.4 Å². The van der Waals surface area contributed by atoms with Crippen molar-refractivity contribution in [1.82, 2.24) is 0 Å². The molecular weight excluding hydrogens is 422 g/mol. The number of hydrogen-bond acceptors (Lipinski definition) is 6. The topological polar surface area (TPSA) is 102 Å². The second-order valence-electron chi connectivity index (χ2n) is 7.54. The lowest BCUT2D eigenvalue weighted by atomic mass is 10.0. The summed E-state index contributed by atoms with van der Waals surface area (Å²) in [5.41, 5.74) is 3.23. The fourth-order valence-electron chi connectivity index (χ4n) is 3.74. The molecule has 0 aliphatic carbocycles. The Kier molecular flexibility index (Phi) is 5.66. The molecule has 33 heavy (non-hydrogen) atoms. The molecule has 0 radical (unpaired) electrons. The van der Waals surface area contributed by atoms with Gasteiger partial charge >= 0.3 is 0 Å². The number of anilines is 2. The third-order valence-corrected chi connectivity index (χ3v) is 5.63. The Morgan fingerprint density at radius 3 is 2.27 bits per heavy atom. The molecule has 8 nitrogen and oxygen atoms in total. The van der Waals surface area contributed by atoms with Gasteiger partial charge in [-0.05, 0) is 60.9 Å². The van der Waals surface area contributed by atoms with Gasteiger partial charge in [0.05, 0.1) is 29.0 Å². The summed E-state index contributed by atoms with van der Waals surface area (Å²) in [6.45, 7) is 3.75. The fourth-order valence-corrected chi connectivity index (χ4v) is 3.74. The Morgan fingerprint density at radius 1 is 0.909 bits per heavy atom. The van der Waals surface area contributed by atoms with Crippen molar-refractivity contribution in [2.75, 3.05) is 17.3 Å². The molecule has 2 amide bonds. The summed E-state index contributed by atoms with van der Waals surface area (Å²) in [6.07, 6.45) is 0. The summed E-state index contributed by atoms with van der Waals surface area (Å²) in [5.74, 6) is -0.536. The highest BCUT2D eigenvalue weighted by atomic mass is 16.6. The minimum atomic E-state index is -0.520. The zero-order valence-corrected chi connectivity index (χ0v) is 18.3. The first-order chi connectivity index (χ1) is 15.8. The highest BCUT2D eigenvalue weighted by molar-refractivity contribution is 6.46. The van der Waals surface area contributed by atoms with Crippen LogP contribution >= 0.6 is 0 Å². The van der Waals surface area contributed by atoms with Gasteiger partial charge in [0.25, 0.3) is 17.5 Å². The Balaban J connectivity index is 1.87. The monoisotopic (exact) mass is 443 g/mol. The molecule has 0 unspecified atom stereocenters. The van der Waals surface area contributed by atoms with E-state index in [0.29, 0.717) is 22.7 Å². The number of ether oxygens (including phenoxy) is 1. The molecule has 1 heterocycles. The Labute approximate surface area is 190 Å². The van der Waals surface area contributed by atoms with Crippen LogP contribution in [0, 0.1) is 24.0 Å². The number of non-ortho nitro benzene ring substituents is 1. The highest BCUT2D eigenvalue weighted by Crippen LogP contribution is 2.37. The van der Waals surface area contributed by atoms with Crippen molar-refractivity contribution in [2.24, 2.45) is 0 Å². The lowest BCUT2D eigenvalue weighted by molar-refractivity contribution is -0.384. The quantitative estimate of drug-likeness (QED) is 0.339. The predicted octanol–water partition coefficient (Wildman–Crippen LogP) is 4.62. The van der Waals surface area contributed by atoms with Gasteiger partial charge in [-0.1, -0.05) is 24.3 Å². The van der Waals surface area contributed by atoms with Gasteiger partial charge in [-0.25, -0.2) is 4.90 Å². The zero-order valence-electron chi connectivity index (χ0n) is 18.3. The Morgan fingerprint density at radius 2 is 1.61 bits per heavy atom. The minimum absolute atomic E-state index is 0.0688. The van der Waals surface area contributed by atoms with Crippen LogP contribution in [0.2, 0.25) is 0 Å². The van der Waals surface area contributed by atoms with Gasteiger partial charge in [0.2, 0.25) is 0 Å². The minimum Gasteiger partial charge on any atom is -0.495 e. The van der Waals surface area contributed by atoms with Crippen molar-refractivity contribution < 1.29 is 19.2 Å². The molecule has 0 aromatic heterocycles. The van der Waals surface area contributed by atoms with Gasteiger partial charge in [-0.3, -0.25) is 19.7 Å². The first-order valence-corrected chi connectivity index (χ1v) is 10.2. The largest absolute Gasteiger partial charge is 0.495 e. The van der Waals surface area contributed by atoms with E-state index in [1.807, 2.05) is 19.9 Å². The number of nitro groups is 1. The smallest absolute Gasteiger partial charge is 0.282 e. The number of hydrogen-bond donors (Lipinski definition) is 1. The molecule has 0 atom stereocenters. The van der Waals surface area contributed by atoms with Crippen LogP contribution in [0.4, 0.5) is 17.1 Å². The number of benzene rings is 3. The van der Waals surface area contributed by atoms with Crippen molar-refractivity contribution in [3.05, 3.63) is 99.2 Å². The number of nitrogens with zero attached hydrogens (tertiary/aromatic N) is 2. The standard InChI is InChI=1S/C25H21N3O5/c1-15-7-6-9-20(16(15)2)27-24(29)22(17-11-13-18(14-12-17)28(31)32)23(25(27)30)26-19-8-4-5-10-21(19)33-3/h4-14,26H,1-3H3. The summed E-state index contributed by atoms with van der Waals surface area (Å²) >= 11 is 0. The van der Waals surface area contributed by atoms with Crippen LogP contribution in [-0.4, -0.2) is 23.8 Å². The number of para-hydroxylation sites is 2. The van der Waals surface area contributed by atoms with Gasteiger partial charge in [-0.15, -0.1) is 0 Å². The first-order valence-electron chi connectivity index (χ1n) is 10.2. The van der Waals surface area contributed by atoms with Crippen LogP contribution in [0.5, 0.6) is 5.75 Å². The molecule has 0 saturated heterocycles. The van der Waals surface area contributed by atoms with Crippen LogP contribution in [0.25, 0.3) is 5.57 Å². The number of nitrogens with one attached hydrogen (secondary N) is 1. The number of amides is 2. The van der Waals surface area contributed by atoms with E-state index in [2.05, 4.69) is 5.32 Å².